The number of aromatic nitrogens is 3. The van der Waals surface area contributed by atoms with Crippen LogP contribution in [0.3, 0.4) is 0 Å². The van der Waals surface area contributed by atoms with E-state index in [2.05, 4.69) is 4.68 Å². The maximum absolute atomic E-state index is 13.7. The van der Waals surface area contributed by atoms with Crippen LogP contribution in [0.2, 0.25) is 0 Å². The summed E-state index contributed by atoms with van der Waals surface area (Å²) in [7, 11) is 3.57. The first-order valence-corrected chi connectivity index (χ1v) is 18.5. The number of rotatable bonds is 10. The molecule has 1 amide bonds. The molecule has 52 heavy (non-hydrogen) atoms. The van der Waals surface area contributed by atoms with Gasteiger partial charge in [0.05, 0.1) is 11.8 Å². The van der Waals surface area contributed by atoms with Crippen LogP contribution < -0.4 is 9.80 Å². The van der Waals surface area contributed by atoms with Crippen LogP contribution in [-0.2, 0) is 29.0 Å². The Hall–Kier alpha value is -4.61. The molecule has 1 fully saturated rings. The Morgan fingerprint density at radius 3 is 2.29 bits per heavy atom. The Morgan fingerprint density at radius 1 is 0.942 bits per heavy atom. The molecule has 3 aromatic rings. The van der Waals surface area contributed by atoms with E-state index in [0.29, 0.717) is 55.5 Å². The maximum Gasteiger partial charge on any atom is 0.410 e. The normalized spacial score (nSPS) is 15.2. The second-order valence-electron chi connectivity index (χ2n) is 16.3. The number of hydrogen-bond donors (Lipinski definition) is 1. The Bertz CT molecular complexity index is 1780. The number of pyridine rings is 1. The monoisotopic (exact) mass is 716 g/mol. The first-order chi connectivity index (χ1) is 24.4. The quantitative estimate of drug-likeness (QED) is 0.213. The summed E-state index contributed by atoms with van der Waals surface area (Å²) >= 11 is 0. The predicted molar refractivity (Wildman–Crippen MR) is 202 cm³/mol. The second-order valence-corrected chi connectivity index (χ2v) is 16.3. The standard InChI is InChI=1S/C40H56N6O6/c1-26-32(23-41-46(26)24-27-13-11-10-12-14-27)30-15-16-34(42-35(30)37(49)51-39(2,3)4)45-18-17-28-21-29(22-31(36(47)48)33(28)25-45)43(8)19-20-44(9)38(50)52-40(5,6)7/h15-16,21-23,27H,10-14,17-20,24-25H2,1-9H3,(H,47,48). The minimum Gasteiger partial charge on any atom is -0.478 e. The minimum absolute atomic E-state index is 0.213. The highest BCUT2D eigenvalue weighted by atomic mass is 16.6. The number of carbonyl (C=O) groups is 3. The van der Waals surface area contributed by atoms with Crippen molar-refractivity contribution in [1.29, 1.82) is 0 Å². The number of nitrogens with zero attached hydrogens (tertiary/aromatic N) is 6. The molecule has 1 aromatic carbocycles. The molecular weight excluding hydrogens is 660 g/mol. The largest absolute Gasteiger partial charge is 0.478 e. The van der Waals surface area contributed by atoms with Gasteiger partial charge in [-0.2, -0.15) is 5.10 Å². The van der Waals surface area contributed by atoms with E-state index in [9.17, 15) is 19.5 Å². The average Bonchev–Trinajstić information content (AvgIpc) is 3.43. The van der Waals surface area contributed by atoms with E-state index in [-0.39, 0.29) is 11.3 Å². The van der Waals surface area contributed by atoms with Crippen molar-refractivity contribution in [3.63, 3.8) is 0 Å². The zero-order valence-corrected chi connectivity index (χ0v) is 32.4. The second kappa shape index (κ2) is 15.6. The molecule has 12 nitrogen and oxygen atoms in total. The van der Waals surface area contributed by atoms with E-state index >= 15 is 0 Å². The third-order valence-electron chi connectivity index (χ3n) is 9.82. The van der Waals surface area contributed by atoms with Gasteiger partial charge in [-0.1, -0.05) is 19.3 Å². The van der Waals surface area contributed by atoms with Gasteiger partial charge in [0, 0.05) is 69.3 Å². The molecule has 0 bridgehead atoms. The number of carbonyl (C=O) groups excluding carboxylic acids is 2. The van der Waals surface area contributed by atoms with Gasteiger partial charge in [-0.05, 0) is 109 Å². The van der Waals surface area contributed by atoms with Gasteiger partial charge in [-0.25, -0.2) is 19.4 Å². The number of anilines is 2. The van der Waals surface area contributed by atoms with Gasteiger partial charge in [0.25, 0.3) is 0 Å². The summed E-state index contributed by atoms with van der Waals surface area (Å²) in [6, 6.07) is 7.53. The summed E-state index contributed by atoms with van der Waals surface area (Å²) in [5.74, 6) is -0.355. The number of amides is 1. The number of ether oxygens (including phenoxy) is 2. The molecule has 0 radical (unpaired) electrons. The molecule has 3 heterocycles. The Balaban J connectivity index is 1.40. The van der Waals surface area contributed by atoms with E-state index in [0.717, 1.165) is 29.1 Å². The van der Waals surface area contributed by atoms with E-state index in [1.165, 1.54) is 37.0 Å². The summed E-state index contributed by atoms with van der Waals surface area (Å²) in [6.07, 6.45) is 8.24. The molecule has 2 aromatic heterocycles. The first-order valence-electron chi connectivity index (χ1n) is 18.5. The highest BCUT2D eigenvalue weighted by Gasteiger charge is 2.29. The Morgan fingerprint density at radius 2 is 1.63 bits per heavy atom. The zero-order valence-electron chi connectivity index (χ0n) is 32.4. The summed E-state index contributed by atoms with van der Waals surface area (Å²) in [4.78, 5) is 49.2. The summed E-state index contributed by atoms with van der Waals surface area (Å²) in [5, 5.41) is 15.1. The highest BCUT2D eigenvalue weighted by Crippen LogP contribution is 2.34. The molecule has 2 aliphatic rings. The third-order valence-corrected chi connectivity index (χ3v) is 9.82. The molecule has 12 heteroatoms. The molecule has 0 spiro atoms. The van der Waals surface area contributed by atoms with Gasteiger partial charge >= 0.3 is 18.0 Å². The van der Waals surface area contributed by atoms with Gasteiger partial charge < -0.3 is 29.3 Å². The summed E-state index contributed by atoms with van der Waals surface area (Å²) < 4.78 is 13.4. The molecule has 282 valence electrons. The molecule has 1 aliphatic carbocycles. The van der Waals surface area contributed by atoms with Crippen LogP contribution >= 0.6 is 0 Å². The van der Waals surface area contributed by atoms with Crippen LogP contribution in [0.5, 0.6) is 0 Å². The van der Waals surface area contributed by atoms with Gasteiger partial charge in [0.15, 0.2) is 5.69 Å². The lowest BCUT2D eigenvalue weighted by Crippen LogP contribution is -2.38. The van der Waals surface area contributed by atoms with E-state index in [1.54, 1.807) is 13.1 Å². The van der Waals surface area contributed by atoms with Crippen molar-refractivity contribution in [1.82, 2.24) is 19.7 Å². The SMILES string of the molecule is Cc1c(-c2ccc(N3CCc4cc(N(C)CCN(C)C(=O)OC(C)(C)C)cc(C(=O)O)c4C3)nc2C(=O)OC(C)(C)C)cnn1CC1CCCCC1. The third kappa shape index (κ3) is 9.43. The summed E-state index contributed by atoms with van der Waals surface area (Å²) in [5.41, 5.74) is 4.04. The van der Waals surface area contributed by atoms with Crippen molar-refractivity contribution in [2.75, 3.05) is 43.5 Å². The fourth-order valence-electron chi connectivity index (χ4n) is 6.95. The number of likely N-dealkylation sites (N-methyl/N-ethyl adjacent to an activating group) is 2. The lowest BCUT2D eigenvalue weighted by Gasteiger charge is -2.33. The number of carboxylic acids is 1. The fourth-order valence-corrected chi connectivity index (χ4v) is 6.95. The average molecular weight is 717 g/mol. The maximum atomic E-state index is 13.7. The van der Waals surface area contributed by atoms with Crippen LogP contribution in [0.1, 0.15) is 111 Å². The highest BCUT2D eigenvalue weighted by molar-refractivity contribution is 5.96. The molecule has 1 aliphatic heterocycles. The molecule has 0 atom stereocenters. The van der Waals surface area contributed by atoms with E-state index in [4.69, 9.17) is 19.6 Å². The fraction of sp³-hybridized carbons (Fsp3) is 0.575. The van der Waals surface area contributed by atoms with E-state index < -0.39 is 29.2 Å². The molecular formula is C40H56N6O6. The molecule has 1 saturated carbocycles. The van der Waals surface area contributed by atoms with Crippen molar-refractivity contribution < 1.29 is 29.0 Å². The minimum atomic E-state index is -1.02. The number of benzene rings is 1. The molecule has 5 rings (SSSR count). The van der Waals surface area contributed by atoms with Crippen molar-refractivity contribution in [3.05, 3.63) is 58.5 Å². The number of hydrogen-bond acceptors (Lipinski definition) is 9. The molecule has 0 unspecified atom stereocenters. The Kier molecular flexibility index (Phi) is 11.6. The zero-order chi connectivity index (χ0) is 38.0. The van der Waals surface area contributed by atoms with Crippen LogP contribution in [0, 0.1) is 12.8 Å². The van der Waals surface area contributed by atoms with Crippen molar-refractivity contribution in [2.45, 2.75) is 111 Å². The van der Waals surface area contributed by atoms with Crippen molar-refractivity contribution in [3.8, 4) is 11.1 Å². The lowest BCUT2D eigenvalue weighted by atomic mass is 9.89. The van der Waals surface area contributed by atoms with Crippen LogP contribution in [-0.4, -0.2) is 87.7 Å². The van der Waals surface area contributed by atoms with Gasteiger partial charge in [0.2, 0.25) is 0 Å². The lowest BCUT2D eigenvalue weighted by molar-refractivity contribution is 0.00631. The van der Waals surface area contributed by atoms with Crippen molar-refractivity contribution in [2.24, 2.45) is 5.92 Å². The van der Waals surface area contributed by atoms with Crippen molar-refractivity contribution >= 4 is 29.5 Å². The smallest absolute Gasteiger partial charge is 0.410 e. The summed E-state index contributed by atoms with van der Waals surface area (Å²) in [6.45, 7) is 15.7. The van der Waals surface area contributed by atoms with Gasteiger partial charge in [-0.15, -0.1) is 0 Å². The number of carboxylic acid groups (broad SMARTS) is 1. The molecule has 1 N–H and O–H groups in total. The first kappa shape index (κ1) is 38.6. The van der Waals surface area contributed by atoms with Crippen LogP contribution in [0.4, 0.5) is 16.3 Å². The Labute approximate surface area is 308 Å². The topological polar surface area (TPSA) is 130 Å². The number of esters is 1. The van der Waals surface area contributed by atoms with E-state index in [1.807, 2.05) is 89.7 Å². The van der Waals surface area contributed by atoms with Crippen LogP contribution in [0.25, 0.3) is 11.1 Å². The van der Waals surface area contributed by atoms with Crippen LogP contribution in [0.15, 0.2) is 30.5 Å². The predicted octanol–water partition coefficient (Wildman–Crippen LogP) is 7.35. The van der Waals surface area contributed by atoms with Gasteiger partial charge in [0.1, 0.15) is 17.0 Å². The number of fused-ring (bicyclic) bond motifs is 1. The number of aromatic carboxylic acids is 1. The van der Waals surface area contributed by atoms with Gasteiger partial charge in [-0.3, -0.25) is 4.68 Å². The molecule has 0 saturated heterocycles.